The van der Waals surface area contributed by atoms with Crippen LogP contribution < -0.4 is 20.2 Å². The van der Waals surface area contributed by atoms with Crippen molar-refractivity contribution in [2.75, 3.05) is 26.7 Å². The molecule has 3 rings (SSSR count). The first-order valence-electron chi connectivity index (χ1n) is 14.8. The Morgan fingerprint density at radius 3 is 2.33 bits per heavy atom. The van der Waals surface area contributed by atoms with Crippen molar-refractivity contribution in [3.8, 4) is 11.5 Å². The molecule has 238 valence electrons. The summed E-state index contributed by atoms with van der Waals surface area (Å²) in [5, 5.41) is 15.8. The lowest BCUT2D eigenvalue weighted by Crippen LogP contribution is -2.60. The van der Waals surface area contributed by atoms with Crippen molar-refractivity contribution in [2.45, 2.75) is 77.2 Å². The number of likely N-dealkylation sites (N-methyl/N-ethyl adjacent to an activating group) is 1. The topological polar surface area (TPSA) is 138 Å². The van der Waals surface area contributed by atoms with E-state index in [4.69, 9.17) is 9.47 Å². The third-order valence-corrected chi connectivity index (χ3v) is 9.06. The lowest BCUT2D eigenvalue weighted by Gasteiger charge is -2.37. The van der Waals surface area contributed by atoms with Gasteiger partial charge in [-0.2, -0.15) is 4.31 Å². The number of fused-ring (bicyclic) bond motifs is 1. The number of ether oxygens (including phenoxy) is 2. The predicted octanol–water partition coefficient (Wildman–Crippen LogP) is 2.94. The summed E-state index contributed by atoms with van der Waals surface area (Å²) in [6, 6.07) is 12.8. The van der Waals surface area contributed by atoms with Gasteiger partial charge in [-0.25, -0.2) is 13.4 Å². The zero-order valence-corrected chi connectivity index (χ0v) is 26.8. The number of carbonyl (C=O) groups is 2. The molecule has 1 heterocycles. The molecule has 0 aliphatic carbocycles. The molecule has 0 saturated carbocycles. The van der Waals surface area contributed by atoms with Gasteiger partial charge in [0.05, 0.1) is 23.6 Å². The summed E-state index contributed by atoms with van der Waals surface area (Å²) in [5.41, 5.74) is 3.51. The van der Waals surface area contributed by atoms with Crippen LogP contribution in [0.5, 0.6) is 11.5 Å². The van der Waals surface area contributed by atoms with Gasteiger partial charge in [-0.1, -0.05) is 64.4 Å². The van der Waals surface area contributed by atoms with E-state index in [0.29, 0.717) is 11.5 Å². The molecule has 2 aromatic rings. The molecule has 1 aliphatic heterocycles. The van der Waals surface area contributed by atoms with Crippen LogP contribution in [0.25, 0.3) is 0 Å². The number of hydrogen-bond donors (Lipinski definition) is 3. The molecule has 43 heavy (non-hydrogen) atoms. The van der Waals surface area contributed by atoms with Gasteiger partial charge in [0.25, 0.3) is 5.91 Å². The van der Waals surface area contributed by atoms with Crippen LogP contribution in [0.3, 0.4) is 0 Å². The van der Waals surface area contributed by atoms with Crippen LogP contribution in [0.1, 0.15) is 53.0 Å². The van der Waals surface area contributed by atoms with Crippen LogP contribution in [-0.4, -0.2) is 79.8 Å². The second kappa shape index (κ2) is 15.5. The van der Waals surface area contributed by atoms with Gasteiger partial charge >= 0.3 is 0 Å². The number of amides is 2. The highest BCUT2D eigenvalue weighted by atomic mass is 32.2. The van der Waals surface area contributed by atoms with Crippen molar-refractivity contribution in [3.63, 3.8) is 0 Å². The van der Waals surface area contributed by atoms with Gasteiger partial charge in [0.1, 0.15) is 0 Å². The maximum atomic E-state index is 14.0. The van der Waals surface area contributed by atoms with E-state index in [1.165, 1.54) is 21.4 Å². The molecular formula is C31H46N4O7S. The van der Waals surface area contributed by atoms with E-state index in [0.717, 1.165) is 12.0 Å². The minimum Gasteiger partial charge on any atom is -0.451 e. The highest BCUT2D eigenvalue weighted by molar-refractivity contribution is 7.89. The number of nitrogens with zero attached hydrogens (tertiary/aromatic N) is 2. The van der Waals surface area contributed by atoms with E-state index in [-0.39, 0.29) is 55.1 Å². The Labute approximate surface area is 255 Å². The maximum absolute atomic E-state index is 14.0. The minimum atomic E-state index is -4.10. The second-order valence-corrected chi connectivity index (χ2v) is 13.4. The monoisotopic (exact) mass is 618 g/mol. The molecule has 0 aromatic heterocycles. The average Bonchev–Trinajstić information content (AvgIpc) is 3.34. The summed E-state index contributed by atoms with van der Waals surface area (Å²) < 4.78 is 40.3. The number of aliphatic hydroxyl groups excluding tert-OH is 1. The third kappa shape index (κ3) is 9.40. The number of benzene rings is 2. The number of rotatable bonds is 15. The molecule has 0 radical (unpaired) electrons. The van der Waals surface area contributed by atoms with Gasteiger partial charge in [-0.15, -0.1) is 0 Å². The Balaban J connectivity index is 2.00. The van der Waals surface area contributed by atoms with E-state index in [1.807, 2.05) is 58.0 Å². The lowest BCUT2D eigenvalue weighted by atomic mass is 9.98. The SMILES string of the molecule is CC[C@H](C)CC(=O)N(NC(=O)CNC)C(Cc1ccccc1)[C@H](O)CN(CC(C)C)S(=O)(=O)c1ccc2c(c1)OC(C)O2. The van der Waals surface area contributed by atoms with Gasteiger partial charge in [0.2, 0.25) is 22.2 Å². The minimum absolute atomic E-state index is 0.00318. The van der Waals surface area contributed by atoms with Crippen molar-refractivity contribution in [2.24, 2.45) is 11.8 Å². The quantitative estimate of drug-likeness (QED) is 0.259. The van der Waals surface area contributed by atoms with E-state index in [2.05, 4.69) is 10.7 Å². The van der Waals surface area contributed by atoms with Crippen molar-refractivity contribution in [3.05, 3.63) is 54.1 Å². The van der Waals surface area contributed by atoms with Gasteiger partial charge in [0.15, 0.2) is 11.5 Å². The molecule has 3 N–H and O–H groups in total. The van der Waals surface area contributed by atoms with Gasteiger partial charge in [-0.05, 0) is 43.0 Å². The summed E-state index contributed by atoms with van der Waals surface area (Å²) in [5.74, 6) is -0.0556. The average molecular weight is 619 g/mol. The van der Waals surface area contributed by atoms with Crippen LogP contribution in [0, 0.1) is 11.8 Å². The summed E-state index contributed by atoms with van der Waals surface area (Å²) in [6.07, 6.45) is -0.787. The molecule has 1 aliphatic rings. The third-order valence-electron chi connectivity index (χ3n) is 7.23. The zero-order valence-electron chi connectivity index (χ0n) is 25.9. The standard InChI is InChI=1S/C31H46N4O7S/c1-7-22(4)15-31(38)35(33-30(37)18-32-6)26(16-24-11-9-8-10-12-24)27(36)20-34(19-21(2)3)43(39,40)25-13-14-28-29(17-25)42-23(5)41-28/h8-14,17,21-23,26-27,32,36H,7,15-16,18-20H2,1-6H3,(H,33,37)/t22-,23?,26?,27+/m0/s1. The van der Waals surface area contributed by atoms with E-state index >= 15 is 0 Å². The van der Waals surface area contributed by atoms with E-state index in [9.17, 15) is 23.1 Å². The first kappa shape index (κ1) is 34.3. The van der Waals surface area contributed by atoms with Crippen LogP contribution in [0.4, 0.5) is 0 Å². The van der Waals surface area contributed by atoms with Crippen LogP contribution in [-0.2, 0) is 26.0 Å². The molecule has 2 aromatic carbocycles. The first-order valence-corrected chi connectivity index (χ1v) is 16.2. The Hall–Kier alpha value is -3.19. The summed E-state index contributed by atoms with van der Waals surface area (Å²) >= 11 is 0. The largest absolute Gasteiger partial charge is 0.451 e. The molecule has 0 spiro atoms. The Morgan fingerprint density at radius 2 is 1.70 bits per heavy atom. The lowest BCUT2D eigenvalue weighted by molar-refractivity contribution is -0.148. The molecule has 0 saturated heterocycles. The molecule has 2 amide bonds. The van der Waals surface area contributed by atoms with E-state index < -0.39 is 34.4 Å². The molecular weight excluding hydrogens is 572 g/mol. The van der Waals surface area contributed by atoms with Gasteiger partial charge in [-0.3, -0.25) is 15.0 Å². The predicted molar refractivity (Wildman–Crippen MR) is 164 cm³/mol. The van der Waals surface area contributed by atoms with E-state index in [1.54, 1.807) is 20.0 Å². The molecule has 0 bridgehead atoms. The summed E-state index contributed by atoms with van der Waals surface area (Å²) in [6.45, 7) is 9.17. The number of aliphatic hydroxyl groups is 1. The highest BCUT2D eigenvalue weighted by Crippen LogP contribution is 2.37. The number of hydrazine groups is 1. The molecule has 0 fully saturated rings. The maximum Gasteiger partial charge on any atom is 0.252 e. The van der Waals surface area contributed by atoms with Crippen LogP contribution in [0.2, 0.25) is 0 Å². The van der Waals surface area contributed by atoms with Crippen molar-refractivity contribution in [1.82, 2.24) is 20.1 Å². The molecule has 2 unspecified atom stereocenters. The van der Waals surface area contributed by atoms with Crippen molar-refractivity contribution in [1.29, 1.82) is 0 Å². The first-order chi connectivity index (χ1) is 20.3. The van der Waals surface area contributed by atoms with Crippen LogP contribution in [0.15, 0.2) is 53.4 Å². The van der Waals surface area contributed by atoms with Crippen molar-refractivity contribution < 1.29 is 32.6 Å². The Bertz CT molecular complexity index is 1320. The van der Waals surface area contributed by atoms with Crippen molar-refractivity contribution >= 4 is 21.8 Å². The Morgan fingerprint density at radius 1 is 1.02 bits per heavy atom. The summed E-state index contributed by atoms with van der Waals surface area (Å²) in [4.78, 5) is 26.4. The Kier molecular flexibility index (Phi) is 12.4. The van der Waals surface area contributed by atoms with Gasteiger partial charge in [0, 0.05) is 32.5 Å². The smallest absolute Gasteiger partial charge is 0.252 e. The molecule has 12 heteroatoms. The molecule has 4 atom stereocenters. The summed E-state index contributed by atoms with van der Waals surface area (Å²) in [7, 11) is -2.48. The highest BCUT2D eigenvalue weighted by Gasteiger charge is 2.37. The van der Waals surface area contributed by atoms with Gasteiger partial charge < -0.3 is 19.9 Å². The zero-order chi connectivity index (χ0) is 31.7. The fourth-order valence-corrected chi connectivity index (χ4v) is 6.48. The number of sulfonamides is 1. The number of carbonyl (C=O) groups excluding carboxylic acids is 2. The fraction of sp³-hybridized carbons (Fsp3) is 0.548. The number of nitrogens with one attached hydrogen (secondary N) is 2. The number of hydrogen-bond acceptors (Lipinski definition) is 8. The molecule has 11 nitrogen and oxygen atoms in total. The fourth-order valence-electron chi connectivity index (χ4n) is 4.84. The second-order valence-electron chi connectivity index (χ2n) is 11.5. The normalized spacial score (nSPS) is 16.6. The van der Waals surface area contributed by atoms with Crippen LogP contribution >= 0.6 is 0 Å².